The Labute approximate surface area is 154 Å². The fraction of sp³-hybridized carbons (Fsp3) is 0.0625. The second-order valence-corrected chi connectivity index (χ2v) is 6.00. The number of alkyl halides is 3. The van der Waals surface area contributed by atoms with Gasteiger partial charge in [0.2, 0.25) is 17.5 Å². The summed E-state index contributed by atoms with van der Waals surface area (Å²) in [5, 5.41) is 0.848. The van der Waals surface area contributed by atoms with Crippen molar-refractivity contribution in [3.8, 4) is 23.3 Å². The van der Waals surface area contributed by atoms with E-state index in [1.165, 1.54) is 0 Å². The first-order valence-electron chi connectivity index (χ1n) is 7.07. The fourth-order valence-corrected chi connectivity index (χ4v) is 2.57. The van der Waals surface area contributed by atoms with Gasteiger partial charge < -0.3 is 9.47 Å². The van der Waals surface area contributed by atoms with Gasteiger partial charge in [-0.15, -0.1) is 11.3 Å². The number of benzene rings is 1. The van der Waals surface area contributed by atoms with Crippen molar-refractivity contribution >= 4 is 11.3 Å². The van der Waals surface area contributed by atoms with Crippen molar-refractivity contribution < 1.29 is 44.6 Å². The highest BCUT2D eigenvalue weighted by atomic mass is 32.1. The normalized spacial score (nSPS) is 11.6. The molecule has 0 saturated heterocycles. The van der Waals surface area contributed by atoms with Crippen LogP contribution >= 0.6 is 11.3 Å². The van der Waals surface area contributed by atoms with E-state index in [1.807, 2.05) is 0 Å². The van der Waals surface area contributed by atoms with E-state index in [4.69, 9.17) is 9.47 Å². The number of hydrogen-bond donors (Lipinski definition) is 0. The number of aromatic nitrogens is 1. The van der Waals surface area contributed by atoms with Gasteiger partial charge in [0.15, 0.2) is 11.6 Å². The van der Waals surface area contributed by atoms with Crippen molar-refractivity contribution in [3.63, 3.8) is 0 Å². The zero-order chi connectivity index (χ0) is 20.6. The zero-order valence-electron chi connectivity index (χ0n) is 13.1. The van der Waals surface area contributed by atoms with Crippen LogP contribution in [0, 0.1) is 29.1 Å². The SMILES string of the molecule is Fc1ccc(Oc2nc(Oc3csc(C(F)(F)F)c3)c(F)c(F)c2F)cc1F. The van der Waals surface area contributed by atoms with E-state index >= 15 is 0 Å². The van der Waals surface area contributed by atoms with Gasteiger partial charge in [-0.25, -0.2) is 13.2 Å². The van der Waals surface area contributed by atoms with Gasteiger partial charge >= 0.3 is 6.18 Å². The quantitative estimate of drug-likeness (QED) is 0.449. The van der Waals surface area contributed by atoms with E-state index in [-0.39, 0.29) is 11.3 Å². The summed E-state index contributed by atoms with van der Waals surface area (Å²) in [6.45, 7) is 0. The number of pyridine rings is 1. The minimum Gasteiger partial charge on any atom is -0.436 e. The molecule has 0 saturated carbocycles. The maximum absolute atomic E-state index is 13.8. The molecular weight excluding hydrogens is 422 g/mol. The van der Waals surface area contributed by atoms with Crippen LogP contribution in [0.25, 0.3) is 0 Å². The van der Waals surface area contributed by atoms with E-state index in [0.717, 1.165) is 11.4 Å². The van der Waals surface area contributed by atoms with Crippen molar-refractivity contribution in [2.45, 2.75) is 6.18 Å². The van der Waals surface area contributed by atoms with Gasteiger partial charge in [-0.3, -0.25) is 0 Å². The Morgan fingerprint density at radius 3 is 1.89 bits per heavy atom. The highest BCUT2D eigenvalue weighted by Crippen LogP contribution is 2.39. The predicted molar refractivity (Wildman–Crippen MR) is 79.9 cm³/mol. The number of nitrogens with zero attached hydrogens (tertiary/aromatic N) is 1. The molecule has 2 heterocycles. The molecule has 3 nitrogen and oxygen atoms in total. The summed E-state index contributed by atoms with van der Waals surface area (Å²) >= 11 is 0.222. The standard InChI is InChI=1S/C16H5F8NO2S/c17-8-2-1-6(3-9(8)18)26-14-12(20)11(19)13(21)15(25-14)27-7-4-10(28-5-7)16(22,23)24/h1-5H. The molecule has 3 aromatic rings. The van der Waals surface area contributed by atoms with Gasteiger partial charge in [0.25, 0.3) is 11.8 Å². The molecule has 148 valence electrons. The lowest BCUT2D eigenvalue weighted by Gasteiger charge is -2.10. The third-order valence-electron chi connectivity index (χ3n) is 3.14. The third-order valence-corrected chi connectivity index (χ3v) is 4.09. The summed E-state index contributed by atoms with van der Waals surface area (Å²) in [6, 6.07) is 2.48. The molecule has 0 spiro atoms. The molecule has 12 heteroatoms. The largest absolute Gasteiger partial charge is 0.436 e. The summed E-state index contributed by atoms with van der Waals surface area (Å²) in [7, 11) is 0. The Hall–Kier alpha value is -2.89. The maximum Gasteiger partial charge on any atom is 0.425 e. The summed E-state index contributed by atoms with van der Waals surface area (Å²) in [4.78, 5) is 2.14. The molecule has 0 aliphatic carbocycles. The van der Waals surface area contributed by atoms with E-state index in [1.54, 1.807) is 0 Å². The minimum absolute atomic E-state index is 0.222. The summed E-state index contributed by atoms with van der Waals surface area (Å²) in [6.07, 6.45) is -4.69. The van der Waals surface area contributed by atoms with Crippen molar-refractivity contribution in [3.05, 3.63) is 63.6 Å². The molecule has 0 radical (unpaired) electrons. The van der Waals surface area contributed by atoms with Crippen LogP contribution in [0.1, 0.15) is 4.88 Å². The molecule has 0 amide bonds. The monoisotopic (exact) mass is 427 g/mol. The molecule has 2 aromatic heterocycles. The molecule has 28 heavy (non-hydrogen) atoms. The molecule has 0 N–H and O–H groups in total. The number of ether oxygens (including phenoxy) is 2. The lowest BCUT2D eigenvalue weighted by Crippen LogP contribution is -2.03. The molecular formula is C16H5F8NO2S. The molecule has 0 bridgehead atoms. The highest BCUT2D eigenvalue weighted by molar-refractivity contribution is 7.10. The van der Waals surface area contributed by atoms with Gasteiger partial charge in [0.05, 0.1) is 0 Å². The van der Waals surface area contributed by atoms with Crippen LogP contribution in [-0.2, 0) is 6.18 Å². The smallest absolute Gasteiger partial charge is 0.425 e. The first-order valence-corrected chi connectivity index (χ1v) is 7.95. The summed E-state index contributed by atoms with van der Waals surface area (Å²) in [5.74, 6) is -12.0. The van der Waals surface area contributed by atoms with Crippen molar-refractivity contribution in [2.75, 3.05) is 0 Å². The van der Waals surface area contributed by atoms with E-state index < -0.39 is 63.4 Å². The van der Waals surface area contributed by atoms with Crippen LogP contribution < -0.4 is 9.47 Å². The summed E-state index contributed by atoms with van der Waals surface area (Å²) < 4.78 is 115. The van der Waals surface area contributed by atoms with Gasteiger partial charge in [0, 0.05) is 17.5 Å². The van der Waals surface area contributed by atoms with Crippen molar-refractivity contribution in [1.29, 1.82) is 0 Å². The lowest BCUT2D eigenvalue weighted by molar-refractivity contribution is -0.134. The van der Waals surface area contributed by atoms with Crippen molar-refractivity contribution in [2.24, 2.45) is 0 Å². The Bertz CT molecular complexity index is 1030. The van der Waals surface area contributed by atoms with Gasteiger partial charge in [0.1, 0.15) is 16.4 Å². The van der Waals surface area contributed by atoms with Gasteiger partial charge in [-0.1, -0.05) is 0 Å². The van der Waals surface area contributed by atoms with Crippen LogP contribution in [0.3, 0.4) is 0 Å². The number of hydrogen-bond acceptors (Lipinski definition) is 4. The van der Waals surface area contributed by atoms with Crippen LogP contribution in [0.5, 0.6) is 23.3 Å². The topological polar surface area (TPSA) is 31.4 Å². The van der Waals surface area contributed by atoms with Crippen LogP contribution in [0.2, 0.25) is 0 Å². The van der Waals surface area contributed by atoms with Crippen LogP contribution in [-0.4, -0.2) is 4.98 Å². The molecule has 0 atom stereocenters. The number of rotatable bonds is 4. The molecule has 0 aliphatic heterocycles. The Morgan fingerprint density at radius 2 is 1.36 bits per heavy atom. The molecule has 0 fully saturated rings. The van der Waals surface area contributed by atoms with E-state index in [2.05, 4.69) is 4.98 Å². The minimum atomic E-state index is -4.69. The van der Waals surface area contributed by atoms with E-state index in [0.29, 0.717) is 18.2 Å². The van der Waals surface area contributed by atoms with Crippen LogP contribution in [0.4, 0.5) is 35.1 Å². The summed E-state index contributed by atoms with van der Waals surface area (Å²) in [5.41, 5.74) is 0. The average Bonchev–Trinajstić information content (AvgIpc) is 3.09. The second kappa shape index (κ2) is 7.26. The molecule has 1 aromatic carbocycles. The Balaban J connectivity index is 1.94. The molecule has 0 unspecified atom stereocenters. The second-order valence-electron chi connectivity index (χ2n) is 5.09. The van der Waals surface area contributed by atoms with Gasteiger partial charge in [-0.2, -0.15) is 26.9 Å². The first-order chi connectivity index (χ1) is 13.1. The number of halogens is 8. The average molecular weight is 427 g/mol. The van der Waals surface area contributed by atoms with E-state index in [9.17, 15) is 35.1 Å². The Morgan fingerprint density at radius 1 is 0.750 bits per heavy atom. The fourth-order valence-electron chi connectivity index (χ4n) is 1.89. The first kappa shape index (κ1) is 19.9. The number of thiophene rings is 1. The van der Waals surface area contributed by atoms with Crippen molar-refractivity contribution in [1.82, 2.24) is 4.98 Å². The Kier molecular flexibility index (Phi) is 5.15. The lowest BCUT2D eigenvalue weighted by atomic mass is 10.3. The highest BCUT2D eigenvalue weighted by Gasteiger charge is 2.33. The predicted octanol–water partition coefficient (Wildman–Crippen LogP) is 6.44. The molecule has 0 aliphatic rings. The van der Waals surface area contributed by atoms with Gasteiger partial charge in [-0.05, 0) is 12.1 Å². The molecule has 3 rings (SSSR count). The van der Waals surface area contributed by atoms with Crippen LogP contribution in [0.15, 0.2) is 29.6 Å². The zero-order valence-corrected chi connectivity index (χ0v) is 13.9. The maximum atomic E-state index is 13.8. The third kappa shape index (κ3) is 4.01.